The predicted molar refractivity (Wildman–Crippen MR) is 147 cm³/mol. The zero-order valence-electron chi connectivity index (χ0n) is 22.8. The molecule has 1 aromatic carbocycles. The lowest BCUT2D eigenvalue weighted by Crippen LogP contribution is -2.61. The summed E-state index contributed by atoms with van der Waals surface area (Å²) in [6.45, 7) is 8.94. The summed E-state index contributed by atoms with van der Waals surface area (Å²) in [7, 11) is 0. The van der Waals surface area contributed by atoms with Gasteiger partial charge < -0.3 is 37.6 Å². The maximum absolute atomic E-state index is 14.3. The van der Waals surface area contributed by atoms with E-state index in [1.165, 1.54) is 0 Å². The minimum atomic E-state index is -0.955. The molecule has 0 aliphatic carbocycles. The summed E-state index contributed by atoms with van der Waals surface area (Å²) in [5.74, 6) is -0.733. The molecule has 0 aromatic heterocycles. The summed E-state index contributed by atoms with van der Waals surface area (Å²) >= 11 is 0. The molecule has 8 N–H and O–H groups in total. The lowest BCUT2D eigenvalue weighted by atomic mass is 9.75. The smallest absolute Gasteiger partial charge is 0.253 e. The average molecular weight is 532 g/mol. The Kier molecular flexibility index (Phi) is 9.75. The largest absolute Gasteiger partial charge is 0.351 e. The number of benzene rings is 1. The number of amides is 2. The fourth-order valence-electron chi connectivity index (χ4n) is 6.19. The van der Waals surface area contributed by atoms with Crippen molar-refractivity contribution in [3.05, 3.63) is 35.4 Å². The van der Waals surface area contributed by atoms with Gasteiger partial charge in [0.25, 0.3) is 5.91 Å². The minimum absolute atomic E-state index is 0.0538. The molecule has 0 saturated carbocycles. The monoisotopic (exact) mass is 531 g/mol. The van der Waals surface area contributed by atoms with Gasteiger partial charge in [0.05, 0.1) is 12.1 Å². The molecule has 0 radical (unpaired) electrons. The van der Waals surface area contributed by atoms with E-state index in [0.717, 1.165) is 38.0 Å². The Morgan fingerprint density at radius 1 is 1.05 bits per heavy atom. The Bertz CT molecular complexity index is 936. The lowest BCUT2D eigenvalue weighted by Gasteiger charge is -2.40. The third kappa shape index (κ3) is 7.30. The summed E-state index contributed by atoms with van der Waals surface area (Å²) in [5.41, 5.74) is 14.0. The second kappa shape index (κ2) is 12.8. The normalized spacial score (nSPS) is 29.3. The van der Waals surface area contributed by atoms with E-state index in [-0.39, 0.29) is 41.8 Å². The van der Waals surface area contributed by atoms with Crippen molar-refractivity contribution in [1.29, 1.82) is 0 Å². The molecule has 5 atom stereocenters. The summed E-state index contributed by atoms with van der Waals surface area (Å²) in [4.78, 5) is 28.4. The van der Waals surface area contributed by atoms with E-state index in [0.29, 0.717) is 38.0 Å². The summed E-state index contributed by atoms with van der Waals surface area (Å²) < 4.78 is 14.3. The molecular formula is C28H46FN7O2. The molecule has 4 rings (SSSR count). The number of rotatable bonds is 6. The van der Waals surface area contributed by atoms with Crippen molar-refractivity contribution in [2.75, 3.05) is 45.8 Å². The summed E-state index contributed by atoms with van der Waals surface area (Å²) in [6.07, 6.45) is 0.982. The molecule has 3 aliphatic rings. The van der Waals surface area contributed by atoms with Crippen LogP contribution in [0.25, 0.3) is 0 Å². The van der Waals surface area contributed by atoms with Crippen molar-refractivity contribution in [2.45, 2.75) is 69.9 Å². The molecule has 38 heavy (non-hydrogen) atoms. The van der Waals surface area contributed by atoms with Gasteiger partial charge in [-0.3, -0.25) is 9.59 Å². The van der Waals surface area contributed by atoms with Crippen molar-refractivity contribution < 1.29 is 14.0 Å². The number of nitrogens with two attached hydrogens (primary N) is 2. The van der Waals surface area contributed by atoms with Crippen molar-refractivity contribution >= 4 is 11.8 Å². The van der Waals surface area contributed by atoms with Crippen LogP contribution in [0.2, 0.25) is 0 Å². The summed E-state index contributed by atoms with van der Waals surface area (Å²) in [6, 6.07) is 7.35. The van der Waals surface area contributed by atoms with Gasteiger partial charge in [-0.05, 0) is 55.3 Å². The SMILES string of the molecule is CC1(C)CCC(F)CNC(C(C(=O)NC2CNCCC2c2ccc(C(=O)N3CCNCC3)cc2)C(N)N)C1. The topological polar surface area (TPSA) is 138 Å². The molecule has 3 heterocycles. The van der Waals surface area contributed by atoms with Crippen molar-refractivity contribution in [2.24, 2.45) is 22.8 Å². The van der Waals surface area contributed by atoms with Gasteiger partial charge in [0.2, 0.25) is 5.91 Å². The van der Waals surface area contributed by atoms with Crippen molar-refractivity contribution in [3.8, 4) is 0 Å². The molecule has 10 heteroatoms. The zero-order chi connectivity index (χ0) is 27.3. The predicted octanol–water partition coefficient (Wildman–Crippen LogP) is 0.660. The summed E-state index contributed by atoms with van der Waals surface area (Å²) in [5, 5.41) is 13.2. The van der Waals surface area contributed by atoms with E-state index in [2.05, 4.69) is 35.1 Å². The molecule has 0 spiro atoms. The van der Waals surface area contributed by atoms with Crippen LogP contribution in [0.3, 0.4) is 0 Å². The number of carbonyl (C=O) groups excluding carboxylic acids is 2. The Morgan fingerprint density at radius 2 is 1.76 bits per heavy atom. The van der Waals surface area contributed by atoms with E-state index in [9.17, 15) is 14.0 Å². The van der Waals surface area contributed by atoms with Crippen molar-refractivity contribution in [3.63, 3.8) is 0 Å². The van der Waals surface area contributed by atoms with E-state index < -0.39 is 18.3 Å². The molecular weight excluding hydrogens is 485 g/mol. The van der Waals surface area contributed by atoms with Crippen LogP contribution in [0.4, 0.5) is 4.39 Å². The number of piperazine rings is 1. The first-order valence-corrected chi connectivity index (χ1v) is 14.1. The number of nitrogens with one attached hydrogen (secondary N) is 4. The van der Waals surface area contributed by atoms with Crippen molar-refractivity contribution in [1.82, 2.24) is 26.2 Å². The third-order valence-corrected chi connectivity index (χ3v) is 8.46. The molecule has 0 bridgehead atoms. The fourth-order valence-corrected chi connectivity index (χ4v) is 6.19. The third-order valence-electron chi connectivity index (χ3n) is 8.46. The van der Waals surface area contributed by atoms with Gasteiger partial charge in [0.1, 0.15) is 6.17 Å². The first-order chi connectivity index (χ1) is 18.1. The van der Waals surface area contributed by atoms with Gasteiger partial charge >= 0.3 is 0 Å². The number of hydrogen-bond donors (Lipinski definition) is 6. The Morgan fingerprint density at radius 3 is 2.45 bits per heavy atom. The van der Waals surface area contributed by atoms with Crippen LogP contribution in [0.5, 0.6) is 0 Å². The number of carbonyl (C=O) groups is 2. The van der Waals surface area contributed by atoms with E-state index in [1.54, 1.807) is 0 Å². The Hall–Kier alpha value is -2.11. The molecule has 212 valence electrons. The number of hydrogen-bond acceptors (Lipinski definition) is 7. The molecule has 3 fully saturated rings. The van der Waals surface area contributed by atoms with Crippen LogP contribution in [0.1, 0.15) is 61.4 Å². The maximum atomic E-state index is 14.3. The highest BCUT2D eigenvalue weighted by Crippen LogP contribution is 2.34. The Balaban J connectivity index is 1.46. The highest BCUT2D eigenvalue weighted by atomic mass is 19.1. The van der Waals surface area contributed by atoms with E-state index >= 15 is 0 Å². The van der Waals surface area contributed by atoms with Crippen LogP contribution in [0.15, 0.2) is 24.3 Å². The average Bonchev–Trinajstić information content (AvgIpc) is 2.90. The van der Waals surface area contributed by atoms with Gasteiger partial charge in [-0.2, -0.15) is 0 Å². The van der Waals surface area contributed by atoms with E-state index in [4.69, 9.17) is 11.5 Å². The van der Waals surface area contributed by atoms with Gasteiger partial charge in [-0.25, -0.2) is 4.39 Å². The first-order valence-electron chi connectivity index (χ1n) is 14.1. The highest BCUT2D eigenvalue weighted by Gasteiger charge is 2.39. The maximum Gasteiger partial charge on any atom is 0.253 e. The number of nitrogens with zero attached hydrogens (tertiary/aromatic N) is 1. The fraction of sp³-hybridized carbons (Fsp3) is 0.714. The highest BCUT2D eigenvalue weighted by molar-refractivity contribution is 5.94. The number of halogens is 1. The molecule has 9 nitrogen and oxygen atoms in total. The van der Waals surface area contributed by atoms with Crippen LogP contribution in [0, 0.1) is 11.3 Å². The van der Waals surface area contributed by atoms with Crippen LogP contribution >= 0.6 is 0 Å². The Labute approximate surface area is 226 Å². The molecule has 2 amide bonds. The first kappa shape index (κ1) is 28.9. The second-order valence-electron chi connectivity index (χ2n) is 12.0. The van der Waals surface area contributed by atoms with Gasteiger partial charge in [-0.1, -0.05) is 26.0 Å². The standard InChI is InChI=1S/C28H46FN7O2/c1-28(2)9-7-20(29)16-34-22(15-28)24(25(30)31)26(37)35-23-17-33-10-8-21(23)18-3-5-19(6-4-18)27(38)36-13-11-32-12-14-36/h3-6,20-25,32-34H,7-17,30-31H2,1-2H3,(H,35,37). The van der Waals surface area contributed by atoms with Gasteiger partial charge in [-0.15, -0.1) is 0 Å². The van der Waals surface area contributed by atoms with Crippen LogP contribution in [-0.4, -0.2) is 86.9 Å². The minimum Gasteiger partial charge on any atom is -0.351 e. The van der Waals surface area contributed by atoms with Gasteiger partial charge in [0, 0.05) is 62.8 Å². The van der Waals surface area contributed by atoms with Gasteiger partial charge in [0.15, 0.2) is 0 Å². The number of alkyl halides is 1. The van der Waals surface area contributed by atoms with E-state index in [1.807, 2.05) is 29.2 Å². The second-order valence-corrected chi connectivity index (χ2v) is 12.0. The molecule has 3 saturated heterocycles. The number of piperidine rings is 1. The van der Waals surface area contributed by atoms with Crippen LogP contribution < -0.4 is 32.7 Å². The zero-order valence-corrected chi connectivity index (χ0v) is 22.8. The van der Waals surface area contributed by atoms with Crippen LogP contribution in [-0.2, 0) is 4.79 Å². The molecule has 1 aromatic rings. The lowest BCUT2D eigenvalue weighted by molar-refractivity contribution is -0.128. The molecule has 3 aliphatic heterocycles. The quantitative estimate of drug-likeness (QED) is 0.297. The molecule has 5 unspecified atom stereocenters.